The summed E-state index contributed by atoms with van der Waals surface area (Å²) in [5, 5.41) is 3.18. The molecule has 0 aliphatic rings. The largest absolute Gasteiger partial charge is 0.452 e. The number of hydrogen-bond acceptors (Lipinski definition) is 4. The first kappa shape index (κ1) is 17.4. The van der Waals surface area contributed by atoms with Gasteiger partial charge in [0.1, 0.15) is 10.7 Å². The predicted octanol–water partition coefficient (Wildman–Crippen LogP) is 2.74. The molecule has 20 heavy (non-hydrogen) atoms. The molecule has 0 fully saturated rings. The normalized spacial score (nSPS) is 12.3. The van der Waals surface area contributed by atoms with Crippen LogP contribution in [-0.4, -0.2) is 31.9 Å². The van der Waals surface area contributed by atoms with Crippen molar-refractivity contribution in [1.29, 1.82) is 0 Å². The Hall–Kier alpha value is -0.630. The number of halogens is 1. The van der Waals surface area contributed by atoms with E-state index in [1.165, 1.54) is 4.31 Å². The molecule has 7 heteroatoms. The maximum atomic E-state index is 12.5. The molecule has 1 rings (SSSR count). The molecule has 0 saturated carbocycles. The lowest BCUT2D eigenvalue weighted by Gasteiger charge is -2.17. The van der Waals surface area contributed by atoms with Crippen LogP contribution in [0, 0.1) is 0 Å². The van der Waals surface area contributed by atoms with E-state index in [9.17, 15) is 8.42 Å². The lowest BCUT2D eigenvalue weighted by atomic mass is 10.3. The van der Waals surface area contributed by atoms with Crippen LogP contribution in [0.2, 0.25) is 0 Å². The highest BCUT2D eigenvalue weighted by molar-refractivity contribution is 9.10. The zero-order chi connectivity index (χ0) is 15.3. The minimum Gasteiger partial charge on any atom is -0.452 e. The highest BCUT2D eigenvalue weighted by Crippen LogP contribution is 2.28. The van der Waals surface area contributed by atoms with Crippen LogP contribution in [0.1, 0.15) is 26.5 Å². The second-order valence-corrected chi connectivity index (χ2v) is 7.26. The third-order valence-corrected chi connectivity index (χ3v) is 5.49. The predicted molar refractivity (Wildman–Crippen MR) is 83.0 cm³/mol. The average Bonchev–Trinajstić information content (AvgIpc) is 2.75. The van der Waals surface area contributed by atoms with E-state index in [0.717, 1.165) is 0 Å². The van der Waals surface area contributed by atoms with Crippen LogP contribution in [0.5, 0.6) is 0 Å². The Kier molecular flexibility index (Phi) is 6.44. The van der Waals surface area contributed by atoms with E-state index in [4.69, 9.17) is 4.42 Å². The van der Waals surface area contributed by atoms with Gasteiger partial charge in [-0.15, -0.1) is 6.58 Å². The fraction of sp³-hybridized carbons (Fsp3) is 0.538. The Morgan fingerprint density at radius 3 is 2.70 bits per heavy atom. The standard InChI is InChI=1S/C13H21BrN2O3S/c1-5-7-16(6-2)20(17,18)12-8-11(19-13(12)14)9-15-10(3)4/h5,8,10,15H,1,6-7,9H2,2-4H3. The molecule has 0 saturated heterocycles. The van der Waals surface area contributed by atoms with Crippen LogP contribution in [0.3, 0.4) is 0 Å². The summed E-state index contributed by atoms with van der Waals surface area (Å²) in [7, 11) is -3.57. The van der Waals surface area contributed by atoms with E-state index in [2.05, 4.69) is 27.8 Å². The summed E-state index contributed by atoms with van der Waals surface area (Å²) < 4.78 is 32.0. The van der Waals surface area contributed by atoms with Crippen molar-refractivity contribution in [2.75, 3.05) is 13.1 Å². The van der Waals surface area contributed by atoms with Crippen LogP contribution in [0.4, 0.5) is 0 Å². The molecule has 0 unspecified atom stereocenters. The smallest absolute Gasteiger partial charge is 0.247 e. The van der Waals surface area contributed by atoms with E-state index < -0.39 is 10.0 Å². The molecule has 114 valence electrons. The van der Waals surface area contributed by atoms with Gasteiger partial charge in [-0.1, -0.05) is 26.8 Å². The topological polar surface area (TPSA) is 62.6 Å². The molecule has 0 spiro atoms. The van der Waals surface area contributed by atoms with Crippen molar-refractivity contribution in [3.8, 4) is 0 Å². The lowest BCUT2D eigenvalue weighted by molar-refractivity contribution is 0.440. The van der Waals surface area contributed by atoms with Crippen molar-refractivity contribution in [2.24, 2.45) is 0 Å². The van der Waals surface area contributed by atoms with E-state index >= 15 is 0 Å². The molecular formula is C13H21BrN2O3S. The molecule has 1 aromatic heterocycles. The molecule has 0 aliphatic carbocycles. The van der Waals surface area contributed by atoms with Crippen LogP contribution >= 0.6 is 15.9 Å². The number of furan rings is 1. The Morgan fingerprint density at radius 2 is 2.20 bits per heavy atom. The van der Waals surface area contributed by atoms with Crippen LogP contribution in [-0.2, 0) is 16.6 Å². The van der Waals surface area contributed by atoms with Crippen molar-refractivity contribution in [3.63, 3.8) is 0 Å². The number of sulfonamides is 1. The Balaban J connectivity index is 3.03. The Labute approximate surface area is 129 Å². The summed E-state index contributed by atoms with van der Waals surface area (Å²) in [6, 6.07) is 1.85. The summed E-state index contributed by atoms with van der Waals surface area (Å²) >= 11 is 3.18. The van der Waals surface area contributed by atoms with E-state index in [0.29, 0.717) is 24.9 Å². The quantitative estimate of drug-likeness (QED) is 0.720. The molecule has 0 amide bonds. The molecule has 1 N–H and O–H groups in total. The van der Waals surface area contributed by atoms with Gasteiger partial charge >= 0.3 is 0 Å². The highest BCUT2D eigenvalue weighted by atomic mass is 79.9. The van der Waals surface area contributed by atoms with Gasteiger partial charge in [-0.3, -0.25) is 0 Å². The average molecular weight is 365 g/mol. The molecule has 1 heterocycles. The maximum Gasteiger partial charge on any atom is 0.247 e. The third-order valence-electron chi connectivity index (χ3n) is 2.69. The van der Waals surface area contributed by atoms with E-state index in [-0.39, 0.29) is 16.1 Å². The summed E-state index contributed by atoms with van der Waals surface area (Å²) in [5.41, 5.74) is 0. The minimum atomic E-state index is -3.57. The molecule has 0 radical (unpaired) electrons. The zero-order valence-corrected chi connectivity index (χ0v) is 14.4. The molecule has 0 bridgehead atoms. The lowest BCUT2D eigenvalue weighted by Crippen LogP contribution is -2.31. The molecule has 1 aromatic rings. The fourth-order valence-corrected chi connectivity index (χ4v) is 4.03. The van der Waals surface area contributed by atoms with Gasteiger partial charge in [-0.2, -0.15) is 4.31 Å². The van der Waals surface area contributed by atoms with Gasteiger partial charge in [0.05, 0.1) is 6.54 Å². The molecule has 0 aromatic carbocycles. The van der Waals surface area contributed by atoms with Gasteiger partial charge in [0.15, 0.2) is 4.67 Å². The van der Waals surface area contributed by atoms with Crippen molar-refractivity contribution < 1.29 is 12.8 Å². The second kappa shape index (κ2) is 7.40. The first-order chi connectivity index (χ1) is 9.32. The molecule has 5 nitrogen and oxygen atoms in total. The van der Waals surface area contributed by atoms with Gasteiger partial charge in [0.25, 0.3) is 0 Å². The van der Waals surface area contributed by atoms with E-state index in [1.54, 1.807) is 19.1 Å². The van der Waals surface area contributed by atoms with Crippen molar-refractivity contribution in [1.82, 2.24) is 9.62 Å². The van der Waals surface area contributed by atoms with Gasteiger partial charge in [-0.25, -0.2) is 8.42 Å². The maximum absolute atomic E-state index is 12.5. The Morgan fingerprint density at radius 1 is 1.55 bits per heavy atom. The molecule has 0 atom stereocenters. The van der Waals surface area contributed by atoms with E-state index in [1.807, 2.05) is 13.8 Å². The number of nitrogens with one attached hydrogen (secondary N) is 1. The summed E-state index contributed by atoms with van der Waals surface area (Å²) in [5.74, 6) is 0.582. The van der Waals surface area contributed by atoms with Crippen LogP contribution in [0.15, 0.2) is 32.7 Å². The molecular weight excluding hydrogens is 344 g/mol. The number of rotatable bonds is 8. The Bertz CT molecular complexity index is 552. The third kappa shape index (κ3) is 4.18. The number of hydrogen-bond donors (Lipinski definition) is 1. The fourth-order valence-electron chi connectivity index (χ4n) is 1.65. The number of likely N-dealkylation sites (N-methyl/N-ethyl adjacent to an activating group) is 1. The first-order valence-electron chi connectivity index (χ1n) is 6.45. The first-order valence-corrected chi connectivity index (χ1v) is 8.68. The number of nitrogens with zero attached hydrogens (tertiary/aromatic N) is 1. The molecule has 0 aliphatic heterocycles. The SMILES string of the molecule is C=CCN(CC)S(=O)(=O)c1cc(CNC(C)C)oc1Br. The van der Waals surface area contributed by atoms with Crippen molar-refractivity contribution >= 4 is 26.0 Å². The second-order valence-electron chi connectivity index (χ2n) is 4.63. The van der Waals surface area contributed by atoms with Crippen molar-refractivity contribution in [2.45, 2.75) is 38.3 Å². The summed E-state index contributed by atoms with van der Waals surface area (Å²) in [6.07, 6.45) is 1.57. The summed E-state index contributed by atoms with van der Waals surface area (Å²) in [4.78, 5) is 0.154. The van der Waals surface area contributed by atoms with Crippen LogP contribution in [0.25, 0.3) is 0 Å². The zero-order valence-electron chi connectivity index (χ0n) is 12.0. The van der Waals surface area contributed by atoms with Gasteiger partial charge < -0.3 is 9.73 Å². The highest BCUT2D eigenvalue weighted by Gasteiger charge is 2.27. The van der Waals surface area contributed by atoms with Gasteiger partial charge in [0.2, 0.25) is 10.0 Å². The summed E-state index contributed by atoms with van der Waals surface area (Å²) in [6.45, 7) is 10.5. The monoisotopic (exact) mass is 364 g/mol. The van der Waals surface area contributed by atoms with Gasteiger partial charge in [0, 0.05) is 25.2 Å². The van der Waals surface area contributed by atoms with Crippen molar-refractivity contribution in [3.05, 3.63) is 29.2 Å². The minimum absolute atomic E-state index is 0.154. The van der Waals surface area contributed by atoms with Crippen LogP contribution < -0.4 is 5.32 Å². The van der Waals surface area contributed by atoms with Gasteiger partial charge in [-0.05, 0) is 15.9 Å².